The zero-order valence-corrected chi connectivity index (χ0v) is 21.6. The minimum Gasteiger partial charge on any atom is -0.486 e. The maximum Gasteiger partial charge on any atom is 0.326 e. The number of urea groups is 1. The third-order valence-electron chi connectivity index (χ3n) is 7.23. The number of pyridine rings is 1. The molecular formula is C30H33N3O4. The first kappa shape index (κ1) is 24.8. The zero-order chi connectivity index (χ0) is 25.9. The number of aromatic nitrogens is 1. The number of benzene rings is 2. The highest BCUT2D eigenvalue weighted by molar-refractivity contribution is 6.03. The Hall–Kier alpha value is -3.87. The Morgan fingerprint density at radius 3 is 2.62 bits per heavy atom. The smallest absolute Gasteiger partial charge is 0.326 e. The fraction of sp³-hybridized carbons (Fsp3) is 0.367. The van der Waals surface area contributed by atoms with Crippen LogP contribution in [0.1, 0.15) is 39.2 Å². The summed E-state index contributed by atoms with van der Waals surface area (Å²) < 4.78 is 12.0. The van der Waals surface area contributed by atoms with Crippen molar-refractivity contribution in [3.8, 4) is 22.8 Å². The van der Waals surface area contributed by atoms with Crippen LogP contribution in [0.15, 0.2) is 60.8 Å². The molecule has 2 heterocycles. The summed E-state index contributed by atoms with van der Waals surface area (Å²) in [4.78, 5) is 31.0. The molecule has 192 valence electrons. The molecule has 7 heteroatoms. The third-order valence-corrected chi connectivity index (χ3v) is 7.23. The van der Waals surface area contributed by atoms with Crippen LogP contribution in [0.3, 0.4) is 0 Å². The molecule has 3 atom stereocenters. The van der Waals surface area contributed by atoms with Gasteiger partial charge in [0.15, 0.2) is 0 Å². The van der Waals surface area contributed by atoms with Crippen LogP contribution in [0.25, 0.3) is 11.1 Å². The van der Waals surface area contributed by atoms with E-state index in [-0.39, 0.29) is 23.8 Å². The van der Waals surface area contributed by atoms with Crippen LogP contribution >= 0.6 is 0 Å². The number of hydrogen-bond acceptors (Lipinski definition) is 5. The summed E-state index contributed by atoms with van der Waals surface area (Å²) in [5.41, 5.74) is 4.56. The quantitative estimate of drug-likeness (QED) is 0.404. The predicted octanol–water partition coefficient (Wildman–Crippen LogP) is 6.12. The third kappa shape index (κ3) is 5.45. The lowest BCUT2D eigenvalue weighted by atomic mass is 10.0. The van der Waals surface area contributed by atoms with Crippen molar-refractivity contribution >= 4 is 23.2 Å². The van der Waals surface area contributed by atoms with Crippen molar-refractivity contribution in [1.29, 1.82) is 0 Å². The number of hydrogen-bond donors (Lipinski definition) is 1. The van der Waals surface area contributed by atoms with E-state index in [9.17, 15) is 9.59 Å². The molecule has 0 spiro atoms. The highest BCUT2D eigenvalue weighted by Gasteiger charge is 2.41. The number of ketones is 1. The minimum atomic E-state index is -0.164. The van der Waals surface area contributed by atoms with Gasteiger partial charge < -0.3 is 14.8 Å². The van der Waals surface area contributed by atoms with Crippen LogP contribution < -0.4 is 19.7 Å². The molecule has 7 nitrogen and oxygen atoms in total. The molecule has 1 saturated carbocycles. The second-order valence-corrected chi connectivity index (χ2v) is 9.79. The number of nitrogens with zero attached hydrogens (tertiary/aromatic N) is 2. The lowest BCUT2D eigenvalue weighted by molar-refractivity contribution is -0.118. The largest absolute Gasteiger partial charge is 0.486 e. The van der Waals surface area contributed by atoms with Crippen LogP contribution in [0, 0.1) is 11.8 Å². The Bertz CT molecular complexity index is 1290. The molecular weight excluding hydrogens is 466 g/mol. The van der Waals surface area contributed by atoms with Crippen molar-refractivity contribution in [2.75, 3.05) is 23.4 Å². The standard InChI is InChI=1S/C30H33N3O4/c1-4-20-8-6-7-9-26(20)32-30(35)33-17-24(5-2)37-28-15-21(10-12-27(28)33)22-11-13-29(31-16-22)36-18-23-14-25(23)19(3)34/h6-13,15-16,23-25H,4-5,14,17-18H2,1-3H3,(H,32,35). The fourth-order valence-electron chi connectivity index (χ4n) is 4.83. The van der Waals surface area contributed by atoms with Crippen LogP contribution in [-0.2, 0) is 11.2 Å². The van der Waals surface area contributed by atoms with Gasteiger partial charge in [-0.15, -0.1) is 0 Å². The molecule has 3 aromatic rings. The summed E-state index contributed by atoms with van der Waals surface area (Å²) in [7, 11) is 0. The van der Waals surface area contributed by atoms with Gasteiger partial charge in [0.1, 0.15) is 17.6 Å². The van der Waals surface area contributed by atoms with Crippen molar-refractivity contribution < 1.29 is 19.1 Å². The minimum absolute atomic E-state index is 0.0925. The first-order valence-electron chi connectivity index (χ1n) is 13.0. The van der Waals surface area contributed by atoms with Gasteiger partial charge in [-0.3, -0.25) is 9.69 Å². The van der Waals surface area contributed by atoms with E-state index in [1.807, 2.05) is 54.6 Å². The lowest BCUT2D eigenvalue weighted by Crippen LogP contribution is -2.45. The number of carbonyl (C=O) groups excluding carboxylic acids is 2. The molecule has 2 aliphatic rings. The van der Waals surface area contributed by atoms with E-state index in [4.69, 9.17) is 9.47 Å². The summed E-state index contributed by atoms with van der Waals surface area (Å²) in [6, 6.07) is 17.4. The molecule has 1 fully saturated rings. The molecule has 2 amide bonds. The number of fused-ring (bicyclic) bond motifs is 1. The number of nitrogens with one attached hydrogen (secondary N) is 1. The van der Waals surface area contributed by atoms with E-state index in [2.05, 4.69) is 24.1 Å². The maximum atomic E-state index is 13.3. The number of aryl methyl sites for hydroxylation is 1. The second kappa shape index (κ2) is 10.6. The predicted molar refractivity (Wildman–Crippen MR) is 144 cm³/mol. The Morgan fingerprint density at radius 2 is 1.92 bits per heavy atom. The molecule has 0 bridgehead atoms. The lowest BCUT2D eigenvalue weighted by Gasteiger charge is -2.35. The number of ether oxygens (including phenoxy) is 2. The zero-order valence-electron chi connectivity index (χ0n) is 21.6. The molecule has 5 rings (SSSR count). The molecule has 3 unspecified atom stereocenters. The maximum absolute atomic E-state index is 13.3. The van der Waals surface area contributed by atoms with Gasteiger partial charge in [-0.25, -0.2) is 9.78 Å². The molecule has 1 N–H and O–H groups in total. The van der Waals surface area contributed by atoms with E-state index in [0.29, 0.717) is 30.7 Å². The van der Waals surface area contributed by atoms with Gasteiger partial charge in [0, 0.05) is 35.3 Å². The van der Waals surface area contributed by atoms with Crippen molar-refractivity contribution in [1.82, 2.24) is 4.98 Å². The first-order chi connectivity index (χ1) is 18.0. The van der Waals surface area contributed by atoms with Crippen LogP contribution in [0.5, 0.6) is 11.6 Å². The Morgan fingerprint density at radius 1 is 1.11 bits per heavy atom. The average Bonchev–Trinajstić information content (AvgIpc) is 3.72. The van der Waals surface area contributed by atoms with E-state index in [0.717, 1.165) is 47.3 Å². The number of carbonyl (C=O) groups is 2. The highest BCUT2D eigenvalue weighted by Crippen LogP contribution is 2.40. The average molecular weight is 500 g/mol. The van der Waals surface area contributed by atoms with Gasteiger partial charge in [-0.05, 0) is 61.6 Å². The summed E-state index contributed by atoms with van der Waals surface area (Å²) in [5.74, 6) is 1.91. The Balaban J connectivity index is 1.31. The summed E-state index contributed by atoms with van der Waals surface area (Å²) in [5, 5.41) is 3.09. The molecule has 37 heavy (non-hydrogen) atoms. The van der Waals surface area contributed by atoms with Crippen molar-refractivity contribution in [3.63, 3.8) is 0 Å². The van der Waals surface area contributed by atoms with Gasteiger partial charge in [0.2, 0.25) is 5.88 Å². The van der Waals surface area contributed by atoms with Gasteiger partial charge in [-0.1, -0.05) is 38.1 Å². The Labute approximate surface area is 217 Å². The molecule has 1 aliphatic heterocycles. The molecule has 1 aromatic heterocycles. The molecule has 1 aliphatic carbocycles. The molecule has 0 saturated heterocycles. The number of Topliss-reactive ketones (excluding diaryl/α,β-unsaturated/α-hetero) is 1. The number of rotatable bonds is 8. The Kier molecular flexibility index (Phi) is 7.12. The fourth-order valence-corrected chi connectivity index (χ4v) is 4.83. The van der Waals surface area contributed by atoms with Crippen LogP contribution in [0.2, 0.25) is 0 Å². The number of anilines is 2. The summed E-state index contributed by atoms with van der Waals surface area (Å²) >= 11 is 0. The molecule has 0 radical (unpaired) electrons. The van der Waals surface area contributed by atoms with Gasteiger partial charge in [-0.2, -0.15) is 0 Å². The normalized spacial score (nSPS) is 20.0. The number of para-hydroxylation sites is 1. The van der Waals surface area contributed by atoms with E-state index >= 15 is 0 Å². The van der Waals surface area contributed by atoms with Gasteiger partial charge >= 0.3 is 6.03 Å². The molecule has 2 aromatic carbocycles. The van der Waals surface area contributed by atoms with E-state index < -0.39 is 0 Å². The first-order valence-corrected chi connectivity index (χ1v) is 13.0. The van der Waals surface area contributed by atoms with Crippen molar-refractivity contribution in [3.05, 3.63) is 66.4 Å². The van der Waals surface area contributed by atoms with Gasteiger partial charge in [0.25, 0.3) is 0 Å². The van der Waals surface area contributed by atoms with Gasteiger partial charge in [0.05, 0.1) is 18.8 Å². The number of amides is 2. The SMILES string of the molecule is CCc1ccccc1NC(=O)N1CC(CC)Oc2cc(-c3ccc(OCC4CC4C(C)=O)nc3)ccc21. The van der Waals surface area contributed by atoms with Crippen LogP contribution in [-0.4, -0.2) is 36.1 Å². The topological polar surface area (TPSA) is 80.8 Å². The van der Waals surface area contributed by atoms with Crippen molar-refractivity contribution in [2.24, 2.45) is 11.8 Å². The van der Waals surface area contributed by atoms with E-state index in [1.54, 1.807) is 18.0 Å². The monoisotopic (exact) mass is 499 g/mol. The summed E-state index contributed by atoms with van der Waals surface area (Å²) in [6.07, 6.45) is 4.22. The second-order valence-electron chi connectivity index (χ2n) is 9.79. The van der Waals surface area contributed by atoms with Crippen LogP contribution in [0.4, 0.5) is 16.2 Å². The highest BCUT2D eigenvalue weighted by atomic mass is 16.5. The summed E-state index contributed by atoms with van der Waals surface area (Å²) in [6.45, 7) is 6.78. The van der Waals surface area contributed by atoms with Crippen molar-refractivity contribution in [2.45, 2.75) is 46.1 Å². The van der Waals surface area contributed by atoms with E-state index in [1.165, 1.54) is 0 Å².